The van der Waals surface area contributed by atoms with Gasteiger partial charge < -0.3 is 19.9 Å². The molecule has 0 unspecified atom stereocenters. The van der Waals surface area contributed by atoms with E-state index in [0.717, 1.165) is 19.3 Å². The van der Waals surface area contributed by atoms with Crippen molar-refractivity contribution in [2.24, 2.45) is 22.7 Å². The lowest BCUT2D eigenvalue weighted by atomic mass is 9.44. The first kappa shape index (κ1) is 21.3. The Bertz CT molecular complexity index is 616. The molecule has 7 nitrogen and oxygen atoms in total. The Hall–Kier alpha value is -2.05. The SMILES string of the molecule is CCC(=O)O[C@@H](OC(=O)NC[C@@]1(CC(=O)O)C[C@]2(CC)CC=C[C@H]21)C(C)C. The second-order valence-corrected chi connectivity index (χ2v) is 8.15. The number of carbonyl (C=O) groups is 3. The fourth-order valence-corrected chi connectivity index (χ4v) is 4.59. The van der Waals surface area contributed by atoms with Gasteiger partial charge in [0.05, 0.1) is 6.42 Å². The molecule has 1 saturated carbocycles. The van der Waals surface area contributed by atoms with Crippen molar-refractivity contribution in [3.63, 3.8) is 0 Å². The van der Waals surface area contributed by atoms with E-state index >= 15 is 0 Å². The lowest BCUT2D eigenvalue weighted by molar-refractivity contribution is -0.175. The standard InChI is InChI=1S/C20H31NO6/c1-5-16(24)26-17(13(3)4)27-18(25)21-12-20(10-15(22)23)11-19(6-2)9-7-8-14(19)20/h7-8,13-14,17H,5-6,9-12H2,1-4H3,(H,21,25)(H,22,23)/t14-,17+,19+,20-/m1/s1. The first-order valence-electron chi connectivity index (χ1n) is 9.70. The number of alkyl carbamates (subject to hydrolysis) is 1. The number of hydrogen-bond acceptors (Lipinski definition) is 5. The van der Waals surface area contributed by atoms with Crippen LogP contribution in [0.25, 0.3) is 0 Å². The van der Waals surface area contributed by atoms with E-state index in [2.05, 4.69) is 24.4 Å². The lowest BCUT2D eigenvalue weighted by Gasteiger charge is -2.60. The summed E-state index contributed by atoms with van der Waals surface area (Å²) in [5, 5.41) is 12.1. The average Bonchev–Trinajstić information content (AvgIpc) is 2.95. The zero-order chi connectivity index (χ0) is 20.2. The van der Waals surface area contributed by atoms with Gasteiger partial charge in [0, 0.05) is 24.3 Å². The molecule has 0 spiro atoms. The maximum atomic E-state index is 12.3. The van der Waals surface area contributed by atoms with Crippen LogP contribution in [0.1, 0.15) is 59.8 Å². The number of carbonyl (C=O) groups excluding carboxylic acids is 2. The minimum atomic E-state index is -0.963. The second kappa shape index (κ2) is 8.31. The van der Waals surface area contributed by atoms with E-state index in [1.54, 1.807) is 20.8 Å². The number of hydrogen-bond donors (Lipinski definition) is 2. The summed E-state index contributed by atoms with van der Waals surface area (Å²) in [4.78, 5) is 35.2. The fraction of sp³-hybridized carbons (Fsp3) is 0.750. The van der Waals surface area contributed by atoms with Crippen LogP contribution in [0, 0.1) is 22.7 Å². The number of rotatable bonds is 9. The summed E-state index contributed by atoms with van der Waals surface area (Å²) < 4.78 is 10.4. The number of esters is 1. The van der Waals surface area contributed by atoms with Crippen molar-refractivity contribution in [1.29, 1.82) is 0 Å². The molecule has 0 aromatic heterocycles. The fourth-order valence-electron chi connectivity index (χ4n) is 4.59. The number of ether oxygens (including phenoxy) is 2. The predicted octanol–water partition coefficient (Wildman–Crippen LogP) is 3.49. The van der Waals surface area contributed by atoms with Crippen molar-refractivity contribution in [2.45, 2.75) is 66.1 Å². The van der Waals surface area contributed by atoms with E-state index in [1.807, 2.05) is 0 Å². The third-order valence-corrected chi connectivity index (χ3v) is 5.97. The Morgan fingerprint density at radius 1 is 1.26 bits per heavy atom. The summed E-state index contributed by atoms with van der Waals surface area (Å²) in [6, 6.07) is 0. The highest BCUT2D eigenvalue weighted by Crippen LogP contribution is 2.67. The highest BCUT2D eigenvalue weighted by molar-refractivity contribution is 5.71. The van der Waals surface area contributed by atoms with Crippen LogP contribution in [0.2, 0.25) is 0 Å². The lowest BCUT2D eigenvalue weighted by Crippen LogP contribution is -2.59. The number of fused-ring (bicyclic) bond motifs is 1. The molecule has 0 heterocycles. The van der Waals surface area contributed by atoms with Gasteiger partial charge in [-0.3, -0.25) is 9.59 Å². The van der Waals surface area contributed by atoms with E-state index in [-0.39, 0.29) is 36.6 Å². The minimum Gasteiger partial charge on any atom is -0.481 e. The van der Waals surface area contributed by atoms with Crippen molar-refractivity contribution in [3.05, 3.63) is 12.2 Å². The molecule has 2 aliphatic rings. The van der Waals surface area contributed by atoms with Crippen molar-refractivity contribution < 1.29 is 29.0 Å². The zero-order valence-corrected chi connectivity index (χ0v) is 16.6. The number of carboxylic acids is 1. The monoisotopic (exact) mass is 381 g/mol. The molecule has 0 aromatic carbocycles. The van der Waals surface area contributed by atoms with E-state index < -0.39 is 29.7 Å². The highest BCUT2D eigenvalue weighted by atomic mass is 16.7. The van der Waals surface area contributed by atoms with E-state index in [0.29, 0.717) is 0 Å². The molecule has 0 aromatic rings. The third-order valence-electron chi connectivity index (χ3n) is 5.97. The number of nitrogens with one attached hydrogen (secondary N) is 1. The van der Waals surface area contributed by atoms with E-state index in [1.165, 1.54) is 0 Å². The molecule has 2 rings (SSSR count). The van der Waals surface area contributed by atoms with Gasteiger partial charge in [-0.2, -0.15) is 0 Å². The van der Waals surface area contributed by atoms with Gasteiger partial charge in [0.25, 0.3) is 6.29 Å². The van der Waals surface area contributed by atoms with Crippen LogP contribution in [-0.4, -0.2) is 36.0 Å². The van der Waals surface area contributed by atoms with Crippen molar-refractivity contribution in [2.75, 3.05) is 6.54 Å². The van der Waals surface area contributed by atoms with Crippen molar-refractivity contribution in [1.82, 2.24) is 5.32 Å². The second-order valence-electron chi connectivity index (χ2n) is 8.15. The molecule has 27 heavy (non-hydrogen) atoms. The predicted molar refractivity (Wildman–Crippen MR) is 98.8 cm³/mol. The number of aliphatic carboxylic acids is 1. The Labute approximate surface area is 160 Å². The Kier molecular flexibility index (Phi) is 6.54. The summed E-state index contributed by atoms with van der Waals surface area (Å²) in [7, 11) is 0. The van der Waals surface area contributed by atoms with Crippen molar-refractivity contribution >= 4 is 18.0 Å². The van der Waals surface area contributed by atoms with Gasteiger partial charge in [-0.05, 0) is 30.6 Å². The summed E-state index contributed by atoms with van der Waals surface area (Å²) in [5.74, 6) is -1.35. The number of carboxylic acid groups (broad SMARTS) is 1. The van der Waals surface area contributed by atoms with E-state index in [4.69, 9.17) is 9.47 Å². The van der Waals surface area contributed by atoms with Crippen LogP contribution in [0.3, 0.4) is 0 Å². The maximum absolute atomic E-state index is 12.3. The van der Waals surface area contributed by atoms with Gasteiger partial charge in [0.2, 0.25) is 0 Å². The molecule has 0 radical (unpaired) electrons. The molecule has 0 aliphatic heterocycles. The quantitative estimate of drug-likeness (QED) is 0.360. The van der Waals surface area contributed by atoms with Gasteiger partial charge >= 0.3 is 18.0 Å². The molecule has 7 heteroatoms. The molecule has 1 amide bonds. The van der Waals surface area contributed by atoms with Crippen LogP contribution in [-0.2, 0) is 19.1 Å². The van der Waals surface area contributed by atoms with Gasteiger partial charge in [0.1, 0.15) is 0 Å². The summed E-state index contributed by atoms with van der Waals surface area (Å²) >= 11 is 0. The largest absolute Gasteiger partial charge is 0.481 e. The highest BCUT2D eigenvalue weighted by Gasteiger charge is 2.62. The van der Waals surface area contributed by atoms with E-state index in [9.17, 15) is 19.5 Å². The molecule has 4 atom stereocenters. The third kappa shape index (κ3) is 4.45. The number of amides is 1. The molecule has 152 valence electrons. The molecule has 0 bridgehead atoms. The minimum absolute atomic E-state index is 0.00245. The van der Waals surface area contributed by atoms with Gasteiger partial charge in [-0.15, -0.1) is 0 Å². The first-order valence-corrected chi connectivity index (χ1v) is 9.70. The number of allylic oxidation sites excluding steroid dienone is 2. The van der Waals surface area contributed by atoms with Crippen LogP contribution in [0.4, 0.5) is 4.79 Å². The van der Waals surface area contributed by atoms with Crippen molar-refractivity contribution in [3.8, 4) is 0 Å². The Morgan fingerprint density at radius 3 is 2.52 bits per heavy atom. The molecule has 2 aliphatic carbocycles. The van der Waals surface area contributed by atoms with Crippen LogP contribution in [0.5, 0.6) is 0 Å². The van der Waals surface area contributed by atoms with Gasteiger partial charge in [-0.1, -0.05) is 39.8 Å². The Morgan fingerprint density at radius 2 is 1.96 bits per heavy atom. The normalized spacial score (nSPS) is 29.6. The average molecular weight is 381 g/mol. The summed E-state index contributed by atoms with van der Waals surface area (Å²) in [6.45, 7) is 7.60. The van der Waals surface area contributed by atoms with Gasteiger partial charge in [-0.25, -0.2) is 4.79 Å². The molecule has 0 saturated heterocycles. The topological polar surface area (TPSA) is 102 Å². The smallest absolute Gasteiger partial charge is 0.410 e. The zero-order valence-electron chi connectivity index (χ0n) is 16.6. The van der Waals surface area contributed by atoms with Crippen LogP contribution < -0.4 is 5.32 Å². The van der Waals surface area contributed by atoms with Crippen LogP contribution >= 0.6 is 0 Å². The summed E-state index contributed by atoms with van der Waals surface area (Å²) in [5.41, 5.74) is -0.376. The summed E-state index contributed by atoms with van der Waals surface area (Å²) in [6.07, 6.45) is 5.47. The molecule has 2 N–H and O–H groups in total. The Balaban J connectivity index is 1.99. The van der Waals surface area contributed by atoms with Gasteiger partial charge in [0.15, 0.2) is 0 Å². The molecular weight excluding hydrogens is 350 g/mol. The van der Waals surface area contributed by atoms with Crippen LogP contribution in [0.15, 0.2) is 12.2 Å². The maximum Gasteiger partial charge on any atom is 0.410 e. The molecule has 1 fully saturated rings. The molecular formula is C20H31NO6. The first-order chi connectivity index (χ1) is 12.7.